The third-order valence-electron chi connectivity index (χ3n) is 3.84. The van der Waals surface area contributed by atoms with Crippen LogP contribution in [-0.4, -0.2) is 24.1 Å². The van der Waals surface area contributed by atoms with Crippen molar-refractivity contribution in [2.45, 2.75) is 26.2 Å². The van der Waals surface area contributed by atoms with Crippen LogP contribution in [0.25, 0.3) is 0 Å². The molecule has 1 amide bonds. The molecule has 0 radical (unpaired) electrons. The molecule has 1 aromatic rings. The number of hydrogen-bond acceptors (Lipinski definition) is 3. The van der Waals surface area contributed by atoms with Gasteiger partial charge >= 0.3 is 5.97 Å². The van der Waals surface area contributed by atoms with Gasteiger partial charge in [0.05, 0.1) is 13.0 Å². The van der Waals surface area contributed by atoms with Crippen molar-refractivity contribution in [3.63, 3.8) is 0 Å². The average Bonchev–Trinajstić information content (AvgIpc) is 2.91. The molecule has 1 aliphatic carbocycles. The fourth-order valence-electron chi connectivity index (χ4n) is 2.58. The summed E-state index contributed by atoms with van der Waals surface area (Å²) < 4.78 is 5.12. The Morgan fingerprint density at radius 1 is 1.30 bits per heavy atom. The summed E-state index contributed by atoms with van der Waals surface area (Å²) in [5.74, 6) is -0.754. The number of carboxylic acids is 1. The molecule has 20 heavy (non-hydrogen) atoms. The molecule has 2 N–H and O–H groups in total. The van der Waals surface area contributed by atoms with Gasteiger partial charge in [-0.15, -0.1) is 0 Å². The zero-order valence-corrected chi connectivity index (χ0v) is 11.7. The molecular weight excluding hydrogens is 258 g/mol. The molecule has 1 saturated carbocycles. The molecule has 0 aliphatic heterocycles. The Balaban J connectivity index is 2.00. The second-order valence-electron chi connectivity index (χ2n) is 5.22. The molecule has 0 aromatic heterocycles. The first-order valence-electron chi connectivity index (χ1n) is 6.69. The van der Waals surface area contributed by atoms with E-state index in [-0.39, 0.29) is 17.7 Å². The molecule has 2 rings (SSSR count). The Labute approximate surface area is 117 Å². The van der Waals surface area contributed by atoms with Crippen LogP contribution in [-0.2, 0) is 9.59 Å². The summed E-state index contributed by atoms with van der Waals surface area (Å²) in [7, 11) is 1.59. The molecule has 108 valence electrons. The lowest BCUT2D eigenvalue weighted by Gasteiger charge is -2.13. The predicted molar refractivity (Wildman–Crippen MR) is 74.8 cm³/mol. The van der Waals surface area contributed by atoms with Gasteiger partial charge in [-0.25, -0.2) is 0 Å². The molecule has 0 bridgehead atoms. The fraction of sp³-hybridized carbons (Fsp3) is 0.467. The number of nitrogens with one attached hydrogen (secondary N) is 1. The van der Waals surface area contributed by atoms with Crippen LogP contribution in [0.4, 0.5) is 5.69 Å². The van der Waals surface area contributed by atoms with Gasteiger partial charge in [0.15, 0.2) is 0 Å². The van der Waals surface area contributed by atoms with Crippen molar-refractivity contribution in [2.75, 3.05) is 12.4 Å². The van der Waals surface area contributed by atoms with Crippen LogP contribution >= 0.6 is 0 Å². The third-order valence-corrected chi connectivity index (χ3v) is 3.84. The van der Waals surface area contributed by atoms with Crippen LogP contribution in [0.15, 0.2) is 18.2 Å². The molecule has 0 heterocycles. The zero-order valence-electron chi connectivity index (χ0n) is 11.7. The lowest BCUT2D eigenvalue weighted by molar-refractivity contribution is -0.141. The normalized spacial score (nSPS) is 21.5. The van der Waals surface area contributed by atoms with Crippen LogP contribution in [0.2, 0.25) is 0 Å². The van der Waals surface area contributed by atoms with E-state index in [1.165, 1.54) is 0 Å². The number of anilines is 1. The predicted octanol–water partition coefficient (Wildman–Crippen LogP) is 2.44. The number of methoxy groups -OCH3 is 1. The lowest BCUT2D eigenvalue weighted by atomic mass is 10.0. The maximum Gasteiger partial charge on any atom is 0.306 e. The van der Waals surface area contributed by atoms with Crippen molar-refractivity contribution in [1.82, 2.24) is 0 Å². The van der Waals surface area contributed by atoms with Gasteiger partial charge in [0, 0.05) is 11.6 Å². The van der Waals surface area contributed by atoms with Crippen molar-refractivity contribution in [3.8, 4) is 5.75 Å². The highest BCUT2D eigenvalue weighted by Gasteiger charge is 2.33. The van der Waals surface area contributed by atoms with Crippen molar-refractivity contribution in [2.24, 2.45) is 11.8 Å². The number of carbonyl (C=O) groups is 2. The first-order chi connectivity index (χ1) is 9.51. The maximum absolute atomic E-state index is 12.2. The Morgan fingerprint density at radius 3 is 2.55 bits per heavy atom. The number of carbonyl (C=O) groups excluding carboxylic acids is 1. The minimum Gasteiger partial charge on any atom is -0.497 e. The highest BCUT2D eigenvalue weighted by Crippen LogP contribution is 2.32. The lowest BCUT2D eigenvalue weighted by Crippen LogP contribution is -2.22. The first-order valence-corrected chi connectivity index (χ1v) is 6.69. The topological polar surface area (TPSA) is 75.6 Å². The number of amides is 1. The van der Waals surface area contributed by atoms with Gasteiger partial charge in [-0.1, -0.05) is 0 Å². The number of aliphatic carboxylic acids is 1. The molecule has 2 atom stereocenters. The molecule has 5 heteroatoms. The maximum atomic E-state index is 12.2. The highest BCUT2D eigenvalue weighted by atomic mass is 16.5. The number of aryl methyl sites for hydroxylation is 1. The van der Waals surface area contributed by atoms with Gasteiger partial charge in [-0.05, 0) is 49.9 Å². The molecule has 5 nitrogen and oxygen atoms in total. The standard InChI is InChI=1S/C15H19NO4/c1-9-7-12(20-2)5-6-13(9)16-14(17)10-3-4-11(8-10)15(18)19/h5-7,10-11H,3-4,8H2,1-2H3,(H,16,17)(H,18,19). The Bertz CT molecular complexity index is 527. The number of carboxylic acid groups (broad SMARTS) is 1. The van der Waals surface area contributed by atoms with Crippen LogP contribution < -0.4 is 10.1 Å². The summed E-state index contributed by atoms with van der Waals surface area (Å²) in [6, 6.07) is 5.44. The number of benzene rings is 1. The molecule has 1 aromatic carbocycles. The SMILES string of the molecule is COc1ccc(NC(=O)C2CCC(C(=O)O)C2)c(C)c1. The number of rotatable bonds is 4. The van der Waals surface area contributed by atoms with Crippen molar-refractivity contribution < 1.29 is 19.4 Å². The zero-order chi connectivity index (χ0) is 14.7. The molecule has 1 fully saturated rings. The van der Waals surface area contributed by atoms with Gasteiger partial charge in [0.2, 0.25) is 5.91 Å². The van der Waals surface area contributed by atoms with E-state index < -0.39 is 5.97 Å². The van der Waals surface area contributed by atoms with Gasteiger partial charge in [-0.2, -0.15) is 0 Å². The summed E-state index contributed by atoms with van der Waals surface area (Å²) in [4.78, 5) is 23.1. The quantitative estimate of drug-likeness (QED) is 0.886. The van der Waals surface area contributed by atoms with E-state index >= 15 is 0 Å². The van der Waals surface area contributed by atoms with E-state index in [1.807, 2.05) is 13.0 Å². The minimum atomic E-state index is -0.805. The summed E-state index contributed by atoms with van der Waals surface area (Å²) >= 11 is 0. The van der Waals surface area contributed by atoms with E-state index in [0.29, 0.717) is 19.3 Å². The number of hydrogen-bond donors (Lipinski definition) is 2. The Hall–Kier alpha value is -2.04. The van der Waals surface area contributed by atoms with E-state index in [0.717, 1.165) is 17.0 Å². The summed E-state index contributed by atoms with van der Waals surface area (Å²) in [6.45, 7) is 1.90. The molecule has 2 unspecified atom stereocenters. The van der Waals surface area contributed by atoms with Crippen molar-refractivity contribution in [3.05, 3.63) is 23.8 Å². The van der Waals surface area contributed by atoms with Crippen LogP contribution in [0.5, 0.6) is 5.75 Å². The summed E-state index contributed by atoms with van der Waals surface area (Å²) in [6.07, 6.45) is 1.64. The smallest absolute Gasteiger partial charge is 0.306 e. The fourth-order valence-corrected chi connectivity index (χ4v) is 2.58. The van der Waals surface area contributed by atoms with E-state index in [9.17, 15) is 9.59 Å². The van der Waals surface area contributed by atoms with Crippen molar-refractivity contribution >= 4 is 17.6 Å². The Kier molecular flexibility index (Phi) is 4.27. The molecule has 1 aliphatic rings. The highest BCUT2D eigenvalue weighted by molar-refractivity contribution is 5.94. The molecule has 0 spiro atoms. The van der Waals surface area contributed by atoms with Crippen molar-refractivity contribution in [1.29, 1.82) is 0 Å². The summed E-state index contributed by atoms with van der Waals surface area (Å²) in [5, 5.41) is 11.8. The van der Waals surface area contributed by atoms with Crippen LogP contribution in [0.3, 0.4) is 0 Å². The van der Waals surface area contributed by atoms with Gasteiger partial charge in [-0.3, -0.25) is 9.59 Å². The van der Waals surface area contributed by atoms with E-state index in [1.54, 1.807) is 19.2 Å². The minimum absolute atomic E-state index is 0.0954. The summed E-state index contributed by atoms with van der Waals surface area (Å²) in [5.41, 5.74) is 1.67. The van der Waals surface area contributed by atoms with Gasteiger partial charge in [0.1, 0.15) is 5.75 Å². The van der Waals surface area contributed by atoms with Crippen LogP contribution in [0, 0.1) is 18.8 Å². The average molecular weight is 277 g/mol. The third kappa shape index (κ3) is 3.10. The van der Waals surface area contributed by atoms with Gasteiger partial charge < -0.3 is 15.2 Å². The molecule has 0 saturated heterocycles. The first kappa shape index (κ1) is 14.4. The number of ether oxygens (including phenoxy) is 1. The van der Waals surface area contributed by atoms with E-state index in [2.05, 4.69) is 5.32 Å². The Morgan fingerprint density at radius 2 is 2.00 bits per heavy atom. The van der Waals surface area contributed by atoms with E-state index in [4.69, 9.17) is 9.84 Å². The largest absolute Gasteiger partial charge is 0.497 e. The second-order valence-corrected chi connectivity index (χ2v) is 5.22. The monoisotopic (exact) mass is 277 g/mol. The van der Waals surface area contributed by atoms with Gasteiger partial charge in [0.25, 0.3) is 0 Å². The second kappa shape index (κ2) is 5.94. The van der Waals surface area contributed by atoms with Crippen LogP contribution in [0.1, 0.15) is 24.8 Å². The molecular formula is C15H19NO4.